The summed E-state index contributed by atoms with van der Waals surface area (Å²) < 4.78 is 94.9. The highest BCUT2D eigenvalue weighted by molar-refractivity contribution is 9.10. The quantitative estimate of drug-likeness (QED) is 0.0870. The zero-order chi connectivity index (χ0) is 54.0. The molecule has 0 bridgehead atoms. The number of hydrogen-bond donors (Lipinski definition) is 2. The summed E-state index contributed by atoms with van der Waals surface area (Å²) in [4.78, 5) is 33.3. The number of carbonyl (C=O) groups is 1. The SMILES string of the molecule is Cc1cnc(CCCNC(=O)OC(C)(C)C)nc1.NCCCc1ncc(-c2cc(N3CCOCC3)cc(S(=O)(=O)Cc3ccc(F)cc3)c2)cn1.O=S(=O)(Cc1ccc(F)cc1)c1cc(Br)cc(N2CCOCC2)c1. The Morgan fingerprint density at radius 3 is 1.60 bits per heavy atom. The number of rotatable bonds is 16. The van der Waals surface area contributed by atoms with E-state index in [0.29, 0.717) is 80.5 Å². The van der Waals surface area contributed by atoms with Crippen molar-refractivity contribution in [2.45, 2.75) is 80.3 Å². The molecule has 2 aliphatic rings. The number of benzene rings is 4. The molecule has 0 atom stereocenters. The molecule has 0 unspecified atom stereocenters. The third-order valence-electron chi connectivity index (χ3n) is 11.5. The first kappa shape index (κ1) is 58.3. The van der Waals surface area contributed by atoms with E-state index < -0.39 is 31.1 Å². The molecule has 21 heteroatoms. The van der Waals surface area contributed by atoms with E-state index in [9.17, 15) is 30.4 Å². The molecule has 75 heavy (non-hydrogen) atoms. The summed E-state index contributed by atoms with van der Waals surface area (Å²) in [5.41, 5.74) is 10.4. The maximum atomic E-state index is 13.3. The van der Waals surface area contributed by atoms with Gasteiger partial charge in [-0.25, -0.2) is 50.3 Å². The Bertz CT molecular complexity index is 3000. The molecule has 4 heterocycles. The van der Waals surface area contributed by atoms with Crippen molar-refractivity contribution in [3.63, 3.8) is 0 Å². The molecule has 8 rings (SSSR count). The number of alkyl carbamates (subject to hydrolysis) is 1. The molecular weight excluding hydrogens is 1070 g/mol. The number of carbonyl (C=O) groups excluding carboxylic acids is 1. The fraction of sp³-hybridized carbons (Fsp3) is 0.389. The van der Waals surface area contributed by atoms with E-state index in [-0.39, 0.29) is 33.2 Å². The van der Waals surface area contributed by atoms with Crippen LogP contribution in [0.5, 0.6) is 0 Å². The van der Waals surface area contributed by atoms with E-state index in [1.807, 2.05) is 39.8 Å². The van der Waals surface area contributed by atoms with Gasteiger partial charge in [0, 0.05) is 91.8 Å². The number of aromatic nitrogens is 4. The first-order chi connectivity index (χ1) is 35.7. The van der Waals surface area contributed by atoms with Crippen LogP contribution in [-0.4, -0.2) is 114 Å². The number of morpholine rings is 2. The predicted octanol–water partition coefficient (Wildman–Crippen LogP) is 8.63. The minimum Gasteiger partial charge on any atom is -0.444 e. The number of amides is 1. The highest BCUT2D eigenvalue weighted by atomic mass is 79.9. The second-order valence-electron chi connectivity index (χ2n) is 18.8. The van der Waals surface area contributed by atoms with Crippen molar-refractivity contribution >= 4 is 53.1 Å². The van der Waals surface area contributed by atoms with Crippen molar-refractivity contribution in [2.75, 3.05) is 75.5 Å². The van der Waals surface area contributed by atoms with E-state index in [1.165, 1.54) is 48.5 Å². The zero-order valence-electron chi connectivity index (χ0n) is 42.7. The molecule has 0 radical (unpaired) electrons. The van der Waals surface area contributed by atoms with Crippen LogP contribution in [0, 0.1) is 18.6 Å². The molecule has 2 saturated heterocycles. The average Bonchev–Trinajstić information content (AvgIpc) is 3.39. The summed E-state index contributed by atoms with van der Waals surface area (Å²) in [6.07, 6.45) is 9.68. The topological polar surface area (TPSA) is 209 Å². The van der Waals surface area contributed by atoms with E-state index >= 15 is 0 Å². The van der Waals surface area contributed by atoms with Gasteiger partial charge in [0.05, 0.1) is 47.7 Å². The number of anilines is 2. The molecule has 0 spiro atoms. The Balaban J connectivity index is 0.000000192. The van der Waals surface area contributed by atoms with Crippen LogP contribution in [-0.2, 0) is 58.2 Å². The summed E-state index contributed by atoms with van der Waals surface area (Å²) in [6.45, 7) is 13.8. The highest BCUT2D eigenvalue weighted by Gasteiger charge is 2.23. The Morgan fingerprint density at radius 2 is 1.12 bits per heavy atom. The number of nitrogens with two attached hydrogens (primary N) is 1. The summed E-state index contributed by atoms with van der Waals surface area (Å²) in [7, 11) is -7.19. The molecular formula is C54H65BrF2N8O8S2. The van der Waals surface area contributed by atoms with Crippen molar-refractivity contribution in [3.8, 4) is 11.1 Å². The summed E-state index contributed by atoms with van der Waals surface area (Å²) in [5.74, 6) is 0.347. The second-order valence-corrected chi connectivity index (χ2v) is 23.7. The largest absolute Gasteiger partial charge is 0.444 e. The van der Waals surface area contributed by atoms with E-state index in [4.69, 9.17) is 19.9 Å². The summed E-state index contributed by atoms with van der Waals surface area (Å²) in [6, 6.07) is 21.6. The number of hydrogen-bond acceptors (Lipinski definition) is 15. The van der Waals surface area contributed by atoms with Crippen molar-refractivity contribution in [2.24, 2.45) is 5.73 Å². The van der Waals surface area contributed by atoms with Crippen LogP contribution >= 0.6 is 15.9 Å². The number of nitrogens with one attached hydrogen (secondary N) is 1. The molecule has 0 aliphatic carbocycles. The van der Waals surface area contributed by atoms with Crippen molar-refractivity contribution < 1.29 is 44.6 Å². The van der Waals surface area contributed by atoms with Gasteiger partial charge < -0.3 is 35.1 Å². The van der Waals surface area contributed by atoms with E-state index in [0.717, 1.165) is 66.2 Å². The van der Waals surface area contributed by atoms with Crippen LogP contribution < -0.4 is 20.9 Å². The van der Waals surface area contributed by atoms with Gasteiger partial charge >= 0.3 is 6.09 Å². The van der Waals surface area contributed by atoms with E-state index in [1.54, 1.807) is 49.1 Å². The molecule has 4 aromatic carbocycles. The Hall–Kier alpha value is -5.97. The van der Waals surface area contributed by atoms with Gasteiger partial charge in [-0.15, -0.1) is 0 Å². The summed E-state index contributed by atoms with van der Waals surface area (Å²) in [5, 5.41) is 2.70. The van der Waals surface area contributed by atoms with Crippen molar-refractivity contribution in [1.29, 1.82) is 0 Å². The minimum atomic E-state index is -3.67. The van der Waals surface area contributed by atoms with E-state index in [2.05, 4.69) is 51.0 Å². The lowest BCUT2D eigenvalue weighted by molar-refractivity contribution is 0.0527. The van der Waals surface area contributed by atoms with Gasteiger partial charge in [0.25, 0.3) is 0 Å². The summed E-state index contributed by atoms with van der Waals surface area (Å²) >= 11 is 3.40. The van der Waals surface area contributed by atoms with Crippen molar-refractivity contribution in [3.05, 3.63) is 154 Å². The molecule has 6 aromatic rings. The van der Waals surface area contributed by atoms with Gasteiger partial charge in [0.15, 0.2) is 19.7 Å². The number of aryl methyl sites for hydroxylation is 3. The molecule has 3 N–H and O–H groups in total. The Labute approximate surface area is 447 Å². The maximum absolute atomic E-state index is 13.3. The Kier molecular flexibility index (Phi) is 21.5. The third kappa shape index (κ3) is 19.3. The van der Waals surface area contributed by atoms with Gasteiger partial charge in [-0.05, 0) is 130 Å². The lowest BCUT2D eigenvalue weighted by atomic mass is 10.1. The highest BCUT2D eigenvalue weighted by Crippen LogP contribution is 2.32. The Morgan fingerprint density at radius 1 is 0.667 bits per heavy atom. The molecule has 1 amide bonds. The average molecular weight is 1140 g/mol. The predicted molar refractivity (Wildman–Crippen MR) is 289 cm³/mol. The standard InChI is InChI=1S/C24H27FN4O3S.C17H17BrFNO3S.C13H21N3O2/c25-21-5-3-18(4-6-21)17-33(30,31)23-13-19(12-22(14-23)29-8-10-32-11-9-29)20-15-27-24(28-16-20)2-1-7-26;18-14-9-16(20-5-7-23-8-6-20)11-17(10-14)24(21,22)12-13-1-3-15(19)4-2-13;1-10-8-15-11(16-9-10)6-5-7-14-12(17)18-13(2,3)4/h3-6,12-16H,1-2,7-11,17,26H2;1-4,9-11H,5-8,12H2;8-9H,5-7H2,1-4H3,(H,14,17). The zero-order valence-corrected chi connectivity index (χ0v) is 45.9. The number of nitrogens with zero attached hydrogens (tertiary/aromatic N) is 6. The smallest absolute Gasteiger partial charge is 0.407 e. The molecule has 16 nitrogen and oxygen atoms in total. The number of halogens is 3. The molecule has 402 valence electrons. The molecule has 2 fully saturated rings. The van der Waals surface area contributed by atoms with Crippen LogP contribution in [0.3, 0.4) is 0 Å². The fourth-order valence-electron chi connectivity index (χ4n) is 7.62. The minimum absolute atomic E-state index is 0.160. The maximum Gasteiger partial charge on any atom is 0.407 e. The van der Waals surface area contributed by atoms with Gasteiger partial charge in [0.2, 0.25) is 0 Å². The molecule has 2 aliphatic heterocycles. The normalized spacial score (nSPS) is 14.0. The fourth-order valence-corrected chi connectivity index (χ4v) is 11.1. The molecule has 2 aromatic heterocycles. The van der Waals surface area contributed by atoms with Gasteiger partial charge in [-0.3, -0.25) is 0 Å². The van der Waals surface area contributed by atoms with Gasteiger partial charge in [-0.1, -0.05) is 40.2 Å². The number of ether oxygens (including phenoxy) is 3. The lowest BCUT2D eigenvalue weighted by Gasteiger charge is -2.29. The lowest BCUT2D eigenvalue weighted by Crippen LogP contribution is -2.36. The van der Waals surface area contributed by atoms with Crippen LogP contribution in [0.2, 0.25) is 0 Å². The second kappa shape index (κ2) is 27.7. The van der Waals surface area contributed by atoms with Crippen LogP contribution in [0.15, 0.2) is 124 Å². The van der Waals surface area contributed by atoms with Crippen LogP contribution in [0.1, 0.15) is 62.0 Å². The molecule has 0 saturated carbocycles. The van der Waals surface area contributed by atoms with Crippen molar-refractivity contribution in [1.82, 2.24) is 25.3 Å². The first-order valence-electron chi connectivity index (χ1n) is 24.6. The first-order valence-corrected chi connectivity index (χ1v) is 28.7. The van der Waals surface area contributed by atoms with Crippen LogP contribution in [0.4, 0.5) is 25.0 Å². The monoisotopic (exact) mass is 1130 g/mol. The van der Waals surface area contributed by atoms with Gasteiger partial charge in [0.1, 0.15) is 28.9 Å². The van der Waals surface area contributed by atoms with Crippen LogP contribution in [0.25, 0.3) is 11.1 Å². The number of sulfone groups is 2. The third-order valence-corrected chi connectivity index (χ3v) is 15.3. The van der Waals surface area contributed by atoms with Gasteiger partial charge in [-0.2, -0.15) is 0 Å².